The van der Waals surface area contributed by atoms with E-state index >= 15 is 0 Å². The van der Waals surface area contributed by atoms with Gasteiger partial charge in [0, 0.05) is 18.7 Å². The van der Waals surface area contributed by atoms with Gasteiger partial charge >= 0.3 is 11.7 Å². The van der Waals surface area contributed by atoms with E-state index in [2.05, 4.69) is 15.3 Å². The van der Waals surface area contributed by atoms with Gasteiger partial charge in [-0.25, -0.2) is 4.79 Å². The van der Waals surface area contributed by atoms with E-state index in [1.54, 1.807) is 13.2 Å². The lowest BCUT2D eigenvalue weighted by atomic mass is 10.2. The van der Waals surface area contributed by atoms with Gasteiger partial charge in [0.2, 0.25) is 0 Å². The number of carboxylic acids is 1. The number of nitrogens with one attached hydrogen (secondary N) is 2. The maximum atomic E-state index is 12.1. The van der Waals surface area contributed by atoms with Crippen molar-refractivity contribution in [1.29, 1.82) is 0 Å². The molecule has 0 saturated carbocycles. The Balaban J connectivity index is 2.53. The van der Waals surface area contributed by atoms with E-state index in [1.165, 1.54) is 11.8 Å². The first-order valence-electron chi connectivity index (χ1n) is 6.60. The van der Waals surface area contributed by atoms with Gasteiger partial charge in [-0.1, -0.05) is 6.42 Å². The molecule has 0 bridgehead atoms. The number of nitrogens with zero attached hydrogens (tertiary/aromatic N) is 1. The minimum Gasteiger partial charge on any atom is -0.481 e. The highest BCUT2D eigenvalue weighted by atomic mass is 32.2. The Morgan fingerprint density at radius 3 is 2.67 bits per heavy atom. The van der Waals surface area contributed by atoms with E-state index in [0.29, 0.717) is 35.7 Å². The number of carboxylic acid groups (broad SMARTS) is 1. The molecule has 21 heavy (non-hydrogen) atoms. The molecule has 1 aromatic heterocycles. The number of amides is 1. The highest BCUT2D eigenvalue weighted by Crippen LogP contribution is 2.17. The van der Waals surface area contributed by atoms with Gasteiger partial charge in [-0.15, -0.1) is 11.8 Å². The van der Waals surface area contributed by atoms with E-state index < -0.39 is 11.7 Å². The molecule has 0 fully saturated rings. The van der Waals surface area contributed by atoms with Crippen LogP contribution in [0.25, 0.3) is 0 Å². The van der Waals surface area contributed by atoms with Crippen molar-refractivity contribution >= 4 is 23.6 Å². The topological polar surface area (TPSA) is 112 Å². The molecule has 0 saturated heterocycles. The van der Waals surface area contributed by atoms with Gasteiger partial charge in [-0.05, 0) is 26.0 Å². The third-order valence-corrected chi connectivity index (χ3v) is 3.54. The van der Waals surface area contributed by atoms with Gasteiger partial charge in [0.25, 0.3) is 5.91 Å². The second-order valence-corrected chi connectivity index (χ2v) is 5.31. The minimum absolute atomic E-state index is 0.146. The molecule has 0 radical (unpaired) electrons. The first-order valence-corrected chi connectivity index (χ1v) is 7.83. The van der Waals surface area contributed by atoms with Crippen molar-refractivity contribution in [2.45, 2.75) is 37.6 Å². The largest absolute Gasteiger partial charge is 0.481 e. The molecule has 0 aromatic carbocycles. The van der Waals surface area contributed by atoms with Gasteiger partial charge in [0.05, 0.1) is 5.56 Å². The fraction of sp³-hybridized carbons (Fsp3) is 0.538. The lowest BCUT2D eigenvalue weighted by molar-refractivity contribution is -0.137. The Morgan fingerprint density at radius 2 is 2.05 bits per heavy atom. The third-order valence-electron chi connectivity index (χ3n) is 2.86. The van der Waals surface area contributed by atoms with Crippen LogP contribution in [-0.2, 0) is 4.79 Å². The summed E-state index contributed by atoms with van der Waals surface area (Å²) < 4.78 is 0. The molecule has 116 valence electrons. The third kappa shape index (κ3) is 5.58. The molecule has 0 aliphatic heterocycles. The molecule has 0 atom stereocenters. The van der Waals surface area contributed by atoms with E-state index in [0.717, 1.165) is 6.42 Å². The van der Waals surface area contributed by atoms with E-state index in [4.69, 9.17) is 5.11 Å². The van der Waals surface area contributed by atoms with Gasteiger partial charge in [0.1, 0.15) is 5.03 Å². The monoisotopic (exact) mass is 313 g/mol. The van der Waals surface area contributed by atoms with Crippen LogP contribution in [0.2, 0.25) is 0 Å². The molecule has 1 aromatic rings. The number of rotatable bonds is 8. The van der Waals surface area contributed by atoms with Gasteiger partial charge < -0.3 is 15.4 Å². The zero-order valence-electron chi connectivity index (χ0n) is 12.1. The number of carbonyl (C=O) groups is 2. The van der Waals surface area contributed by atoms with Crippen molar-refractivity contribution < 1.29 is 14.7 Å². The van der Waals surface area contributed by atoms with Crippen LogP contribution >= 0.6 is 11.8 Å². The highest BCUT2D eigenvalue weighted by molar-refractivity contribution is 7.98. The molecule has 1 heterocycles. The molecule has 7 nitrogen and oxygen atoms in total. The maximum Gasteiger partial charge on any atom is 0.346 e. The van der Waals surface area contributed by atoms with E-state index in [-0.39, 0.29) is 12.3 Å². The summed E-state index contributed by atoms with van der Waals surface area (Å²) in [5.74, 6) is -1.09. The van der Waals surface area contributed by atoms with Gasteiger partial charge in [0.15, 0.2) is 0 Å². The average Bonchev–Trinajstić information content (AvgIpc) is 2.41. The Hall–Kier alpha value is -1.83. The molecule has 3 N–H and O–H groups in total. The number of aryl methyl sites for hydroxylation is 1. The number of aromatic nitrogens is 2. The summed E-state index contributed by atoms with van der Waals surface area (Å²) in [5.41, 5.74) is 0.400. The van der Waals surface area contributed by atoms with Crippen molar-refractivity contribution in [2.24, 2.45) is 0 Å². The molecular weight excluding hydrogens is 294 g/mol. The van der Waals surface area contributed by atoms with Crippen molar-refractivity contribution in [2.75, 3.05) is 12.8 Å². The Bertz CT molecular complexity index is 571. The number of carbonyl (C=O) groups excluding carboxylic acids is 1. The Labute approximate surface area is 126 Å². The summed E-state index contributed by atoms with van der Waals surface area (Å²) in [4.78, 5) is 40.0. The zero-order chi connectivity index (χ0) is 15.8. The normalized spacial score (nSPS) is 10.4. The molecule has 1 amide bonds. The summed E-state index contributed by atoms with van der Waals surface area (Å²) >= 11 is 1.25. The van der Waals surface area contributed by atoms with Crippen molar-refractivity contribution in [3.05, 3.63) is 21.7 Å². The minimum atomic E-state index is -0.807. The predicted molar refractivity (Wildman–Crippen MR) is 79.8 cm³/mol. The first-order chi connectivity index (χ1) is 9.95. The van der Waals surface area contributed by atoms with Gasteiger partial charge in [-0.3, -0.25) is 9.59 Å². The van der Waals surface area contributed by atoms with Gasteiger partial charge in [-0.2, -0.15) is 4.98 Å². The van der Waals surface area contributed by atoms with Crippen LogP contribution in [0.15, 0.2) is 9.82 Å². The molecule has 1 rings (SSSR count). The van der Waals surface area contributed by atoms with E-state index in [1.807, 2.05) is 0 Å². The predicted octanol–water partition coefficient (Wildman–Crippen LogP) is 1.18. The van der Waals surface area contributed by atoms with Crippen LogP contribution in [0.3, 0.4) is 0 Å². The summed E-state index contributed by atoms with van der Waals surface area (Å²) in [6.07, 6.45) is 3.95. The molecule has 0 unspecified atom stereocenters. The molecule has 0 aliphatic rings. The second kappa shape index (κ2) is 8.46. The van der Waals surface area contributed by atoms with E-state index in [9.17, 15) is 14.4 Å². The first kappa shape index (κ1) is 17.2. The fourth-order valence-corrected chi connectivity index (χ4v) is 2.47. The Morgan fingerprint density at radius 1 is 1.33 bits per heavy atom. The van der Waals surface area contributed by atoms with Crippen molar-refractivity contribution in [3.63, 3.8) is 0 Å². The van der Waals surface area contributed by atoms with Crippen LogP contribution < -0.4 is 11.0 Å². The number of thioether (sulfide) groups is 1. The Kier molecular flexibility index (Phi) is 6.93. The standard InChI is InChI=1S/C13H19N3O4S/c1-8-10(12(21-2)16-13(20)15-8)11(19)14-7-5-3-4-6-9(17)18/h3-7H2,1-2H3,(H,14,19)(H,17,18)(H,15,16,20). The average molecular weight is 313 g/mol. The molecular formula is C13H19N3O4S. The lowest BCUT2D eigenvalue weighted by Crippen LogP contribution is -2.28. The van der Waals surface area contributed by atoms with Crippen LogP contribution in [-0.4, -0.2) is 39.8 Å². The number of hydrogen-bond acceptors (Lipinski definition) is 5. The number of aliphatic carboxylic acids is 1. The number of hydrogen-bond donors (Lipinski definition) is 3. The number of unbranched alkanes of at least 4 members (excludes halogenated alkanes) is 2. The quantitative estimate of drug-likeness (QED) is 0.377. The molecule has 0 spiro atoms. The maximum absolute atomic E-state index is 12.1. The number of H-pyrrole nitrogens is 1. The SMILES string of the molecule is CSc1nc(=O)[nH]c(C)c1C(=O)NCCCCCC(=O)O. The smallest absolute Gasteiger partial charge is 0.346 e. The lowest BCUT2D eigenvalue weighted by Gasteiger charge is -2.10. The summed E-state index contributed by atoms with van der Waals surface area (Å²) in [6.45, 7) is 2.12. The zero-order valence-corrected chi connectivity index (χ0v) is 12.9. The van der Waals surface area contributed by atoms with Crippen molar-refractivity contribution in [1.82, 2.24) is 15.3 Å². The van der Waals surface area contributed by atoms with Crippen LogP contribution in [0, 0.1) is 6.92 Å². The molecule has 8 heteroatoms. The van der Waals surface area contributed by atoms with Crippen LogP contribution in [0.4, 0.5) is 0 Å². The van der Waals surface area contributed by atoms with Crippen LogP contribution in [0.5, 0.6) is 0 Å². The van der Waals surface area contributed by atoms with Crippen LogP contribution in [0.1, 0.15) is 41.7 Å². The summed E-state index contributed by atoms with van der Waals surface area (Å²) in [5, 5.41) is 11.7. The summed E-state index contributed by atoms with van der Waals surface area (Å²) in [7, 11) is 0. The van der Waals surface area contributed by atoms with Crippen molar-refractivity contribution in [3.8, 4) is 0 Å². The highest BCUT2D eigenvalue weighted by Gasteiger charge is 2.16. The molecule has 0 aliphatic carbocycles. The number of aromatic amines is 1. The fourth-order valence-electron chi connectivity index (χ4n) is 1.84. The summed E-state index contributed by atoms with van der Waals surface area (Å²) in [6, 6.07) is 0. The second-order valence-electron chi connectivity index (χ2n) is 4.51.